The molecule has 0 aliphatic heterocycles. The van der Waals surface area contributed by atoms with Crippen molar-refractivity contribution in [3.8, 4) is 0 Å². The average molecular weight is 242 g/mol. The monoisotopic (exact) mass is 242 g/mol. The topological polar surface area (TPSA) is 57.5 Å². The van der Waals surface area contributed by atoms with Gasteiger partial charge in [-0.2, -0.15) is 0 Å². The predicted molar refractivity (Wildman–Crippen MR) is 72.1 cm³/mol. The molecule has 3 nitrogen and oxygen atoms in total. The molecule has 0 aromatic rings. The van der Waals surface area contributed by atoms with E-state index in [1.807, 2.05) is 12.2 Å². The van der Waals surface area contributed by atoms with Crippen LogP contribution in [0.3, 0.4) is 0 Å². The van der Waals surface area contributed by atoms with Gasteiger partial charge in [-0.3, -0.25) is 4.79 Å². The Hall–Kier alpha value is -1.09. The number of aliphatic hydroxyl groups is 1. The number of carbonyl (C=O) groups is 1. The Labute approximate surface area is 105 Å². The van der Waals surface area contributed by atoms with Crippen molar-refractivity contribution in [1.82, 2.24) is 0 Å². The minimum atomic E-state index is -0.833. The molecule has 0 spiro atoms. The maximum atomic E-state index is 9.00. The van der Waals surface area contributed by atoms with Gasteiger partial charge in [0.05, 0.1) is 0 Å². The fourth-order valence-electron chi connectivity index (χ4n) is 1.11. The molecule has 0 heterocycles. The van der Waals surface area contributed by atoms with Gasteiger partial charge in [0.25, 0.3) is 5.97 Å². The molecule has 0 atom stereocenters. The van der Waals surface area contributed by atoms with Gasteiger partial charge in [0.2, 0.25) is 0 Å². The quantitative estimate of drug-likeness (QED) is 0.505. The zero-order valence-electron chi connectivity index (χ0n) is 11.1. The molecule has 3 heteroatoms. The smallest absolute Gasteiger partial charge is 0.300 e. The molecule has 0 aliphatic rings. The molecule has 0 radical (unpaired) electrons. The average Bonchev–Trinajstić information content (AvgIpc) is 2.26. The predicted octanol–water partition coefficient (Wildman–Crippen LogP) is 3.54. The summed E-state index contributed by atoms with van der Waals surface area (Å²) in [6.07, 6.45) is 15.5. The molecule has 0 aliphatic carbocycles. The van der Waals surface area contributed by atoms with Crippen molar-refractivity contribution in [2.45, 2.75) is 52.4 Å². The van der Waals surface area contributed by atoms with Crippen LogP contribution in [0.15, 0.2) is 24.3 Å². The van der Waals surface area contributed by atoms with Crippen LogP contribution in [0.4, 0.5) is 0 Å². The second-order valence-corrected chi connectivity index (χ2v) is 3.74. The third kappa shape index (κ3) is 31.3. The molecule has 0 unspecified atom stereocenters. The highest BCUT2D eigenvalue weighted by Gasteiger charge is 1.82. The number of aliphatic carboxylic acids is 1. The number of unbranched alkanes of at least 4 members (excludes halogenated alkanes) is 4. The molecule has 0 saturated carbocycles. The van der Waals surface area contributed by atoms with Gasteiger partial charge in [-0.15, -0.1) is 0 Å². The Morgan fingerprint density at radius 1 is 1.06 bits per heavy atom. The highest BCUT2D eigenvalue weighted by atomic mass is 16.4. The lowest BCUT2D eigenvalue weighted by molar-refractivity contribution is -0.134. The molecule has 0 rings (SSSR count). The molecule has 0 aromatic heterocycles. The van der Waals surface area contributed by atoms with E-state index in [9.17, 15) is 0 Å². The van der Waals surface area contributed by atoms with Gasteiger partial charge < -0.3 is 10.2 Å². The van der Waals surface area contributed by atoms with Crippen LogP contribution in [0.1, 0.15) is 52.4 Å². The molecule has 2 N–H and O–H groups in total. The van der Waals surface area contributed by atoms with Gasteiger partial charge in [-0.1, -0.05) is 50.5 Å². The fourth-order valence-corrected chi connectivity index (χ4v) is 1.11. The van der Waals surface area contributed by atoms with Gasteiger partial charge in [0.1, 0.15) is 0 Å². The molecule has 0 bridgehead atoms. The summed E-state index contributed by atoms with van der Waals surface area (Å²) in [6.45, 7) is 3.56. The highest BCUT2D eigenvalue weighted by molar-refractivity contribution is 5.62. The van der Waals surface area contributed by atoms with E-state index in [2.05, 4.69) is 19.1 Å². The zero-order chi connectivity index (χ0) is 13.4. The molecule has 0 aromatic carbocycles. The van der Waals surface area contributed by atoms with Gasteiger partial charge in [0.15, 0.2) is 0 Å². The lowest BCUT2D eigenvalue weighted by Crippen LogP contribution is -1.78. The van der Waals surface area contributed by atoms with Crippen LogP contribution in [0.5, 0.6) is 0 Å². The van der Waals surface area contributed by atoms with E-state index < -0.39 is 5.97 Å². The Bertz CT molecular complexity index is 204. The number of hydrogen-bond acceptors (Lipinski definition) is 2. The maximum Gasteiger partial charge on any atom is 0.300 e. The number of rotatable bonds is 8. The van der Waals surface area contributed by atoms with Crippen LogP contribution < -0.4 is 0 Å². The standard InChI is InChI=1S/C12H22O.C2H4O2/c1-2-3-4-5-6-7-8-9-10-11-12-13;1-2(3)4/h7-10,13H,2-6,11-12H2,1H3;1H3,(H,3,4). The summed E-state index contributed by atoms with van der Waals surface area (Å²) in [7, 11) is 0. The van der Waals surface area contributed by atoms with Gasteiger partial charge >= 0.3 is 0 Å². The molecule has 17 heavy (non-hydrogen) atoms. The third-order valence-corrected chi connectivity index (χ3v) is 1.90. The SMILES string of the molecule is CC(=O)O.CCCCCCC=CC=CCCO. The van der Waals surface area contributed by atoms with Crippen LogP contribution >= 0.6 is 0 Å². The van der Waals surface area contributed by atoms with Crippen LogP contribution in [0.25, 0.3) is 0 Å². The van der Waals surface area contributed by atoms with Gasteiger partial charge in [-0.05, 0) is 19.3 Å². The third-order valence-electron chi connectivity index (χ3n) is 1.90. The molecule has 0 fully saturated rings. The summed E-state index contributed by atoms with van der Waals surface area (Å²) in [6, 6.07) is 0. The largest absolute Gasteiger partial charge is 0.481 e. The molecule has 0 amide bonds. The Balaban J connectivity index is 0. The minimum Gasteiger partial charge on any atom is -0.481 e. The number of hydrogen-bond donors (Lipinski definition) is 2. The van der Waals surface area contributed by atoms with E-state index in [1.54, 1.807) is 0 Å². The number of aliphatic hydroxyl groups excluding tert-OH is 1. The van der Waals surface area contributed by atoms with Gasteiger partial charge in [0, 0.05) is 13.5 Å². The van der Waals surface area contributed by atoms with E-state index in [0.29, 0.717) is 0 Å². The first-order valence-electron chi connectivity index (χ1n) is 6.27. The summed E-state index contributed by atoms with van der Waals surface area (Å²) in [5.41, 5.74) is 0. The zero-order valence-corrected chi connectivity index (χ0v) is 11.1. The number of carboxylic acid groups (broad SMARTS) is 1. The summed E-state index contributed by atoms with van der Waals surface area (Å²) >= 11 is 0. The van der Waals surface area contributed by atoms with E-state index in [-0.39, 0.29) is 6.61 Å². The number of allylic oxidation sites excluding steroid dienone is 3. The van der Waals surface area contributed by atoms with E-state index in [4.69, 9.17) is 15.0 Å². The Kier molecular flexibility index (Phi) is 18.6. The number of carboxylic acids is 1. The highest BCUT2D eigenvalue weighted by Crippen LogP contribution is 2.02. The summed E-state index contributed by atoms with van der Waals surface area (Å²) in [5, 5.41) is 15.9. The summed E-state index contributed by atoms with van der Waals surface area (Å²) in [4.78, 5) is 9.00. The first-order chi connectivity index (χ1) is 8.15. The van der Waals surface area contributed by atoms with Crippen molar-refractivity contribution in [3.63, 3.8) is 0 Å². The normalized spacial score (nSPS) is 10.5. The second kappa shape index (κ2) is 17.3. The maximum absolute atomic E-state index is 9.00. The molecular weight excluding hydrogens is 216 g/mol. The fraction of sp³-hybridized carbons (Fsp3) is 0.643. The molecule has 0 saturated heterocycles. The lowest BCUT2D eigenvalue weighted by Gasteiger charge is -1.92. The van der Waals surface area contributed by atoms with Crippen molar-refractivity contribution in [2.75, 3.05) is 6.61 Å². The van der Waals surface area contributed by atoms with Crippen molar-refractivity contribution < 1.29 is 15.0 Å². The van der Waals surface area contributed by atoms with Crippen molar-refractivity contribution >= 4 is 5.97 Å². The second-order valence-electron chi connectivity index (χ2n) is 3.74. The summed E-state index contributed by atoms with van der Waals surface area (Å²) in [5.74, 6) is -0.833. The summed E-state index contributed by atoms with van der Waals surface area (Å²) < 4.78 is 0. The van der Waals surface area contributed by atoms with Crippen molar-refractivity contribution in [3.05, 3.63) is 24.3 Å². The van der Waals surface area contributed by atoms with E-state index >= 15 is 0 Å². The van der Waals surface area contributed by atoms with Gasteiger partial charge in [-0.25, -0.2) is 0 Å². The first-order valence-corrected chi connectivity index (χ1v) is 6.27. The Morgan fingerprint density at radius 2 is 1.59 bits per heavy atom. The van der Waals surface area contributed by atoms with Crippen LogP contribution in [-0.2, 0) is 4.79 Å². The first kappa shape index (κ1) is 18.3. The van der Waals surface area contributed by atoms with Crippen LogP contribution in [0, 0.1) is 0 Å². The van der Waals surface area contributed by atoms with E-state index in [1.165, 1.54) is 32.1 Å². The lowest BCUT2D eigenvalue weighted by atomic mass is 10.1. The van der Waals surface area contributed by atoms with Crippen LogP contribution in [-0.4, -0.2) is 22.8 Å². The van der Waals surface area contributed by atoms with Crippen LogP contribution in [0.2, 0.25) is 0 Å². The Morgan fingerprint density at radius 3 is 2.06 bits per heavy atom. The van der Waals surface area contributed by atoms with E-state index in [0.717, 1.165) is 13.3 Å². The minimum absolute atomic E-state index is 0.251. The molecular formula is C14H26O3. The van der Waals surface area contributed by atoms with Crippen molar-refractivity contribution in [1.29, 1.82) is 0 Å². The molecule has 100 valence electrons. The van der Waals surface area contributed by atoms with Crippen molar-refractivity contribution in [2.24, 2.45) is 0 Å².